The number of rotatable bonds is 15. The Morgan fingerprint density at radius 2 is 0.913 bits per heavy atom. The molecule has 4 nitrogen and oxygen atoms in total. The first-order valence-electron chi connectivity index (χ1n) is 9.59. The molecule has 0 aliphatic heterocycles. The predicted molar refractivity (Wildman–Crippen MR) is 99.2 cm³/mol. The van der Waals surface area contributed by atoms with Gasteiger partial charge in [-0.2, -0.15) is 8.42 Å². The minimum atomic E-state index is -4.22. The summed E-state index contributed by atoms with van der Waals surface area (Å²) in [5.74, 6) is 0. The molecule has 0 amide bonds. The summed E-state index contributed by atoms with van der Waals surface area (Å²) in [6.07, 6.45) is 18.0. The Hall–Kier alpha value is -0.130. The predicted octanol–water partition coefficient (Wildman–Crippen LogP) is 6.31. The Bertz CT molecular complexity index is 294. The van der Waals surface area contributed by atoms with Crippen molar-refractivity contribution < 1.29 is 17.2 Å². The highest BCUT2D eigenvalue weighted by Gasteiger charge is 2.02. The average molecular weight is 353 g/mol. The van der Waals surface area contributed by atoms with Gasteiger partial charge in [-0.05, 0) is 6.42 Å². The summed E-state index contributed by atoms with van der Waals surface area (Å²) in [6, 6.07) is 0. The van der Waals surface area contributed by atoms with E-state index >= 15 is 0 Å². The highest BCUT2D eigenvalue weighted by atomic mass is 32.3. The van der Waals surface area contributed by atoms with Gasteiger partial charge in [-0.25, -0.2) is 4.18 Å². The molecule has 5 heteroatoms. The summed E-state index contributed by atoms with van der Waals surface area (Å²) in [5, 5.41) is 0. The molecular weight excluding hydrogens is 312 g/mol. The zero-order valence-electron chi connectivity index (χ0n) is 15.7. The van der Waals surface area contributed by atoms with Gasteiger partial charge in [-0.3, -0.25) is 4.55 Å². The topological polar surface area (TPSA) is 63.6 Å². The molecule has 23 heavy (non-hydrogen) atoms. The largest absolute Gasteiger partial charge is 0.397 e. The molecular formula is C18H40O4S. The summed E-state index contributed by atoms with van der Waals surface area (Å²) < 4.78 is 32.4. The molecule has 0 unspecified atom stereocenters. The van der Waals surface area contributed by atoms with Crippen molar-refractivity contribution in [3.05, 3.63) is 0 Å². The van der Waals surface area contributed by atoms with Gasteiger partial charge >= 0.3 is 10.4 Å². The van der Waals surface area contributed by atoms with Crippen molar-refractivity contribution in [2.45, 2.75) is 111 Å². The van der Waals surface area contributed by atoms with Crippen molar-refractivity contribution in [1.82, 2.24) is 0 Å². The molecule has 0 radical (unpaired) electrons. The first kappa shape index (κ1) is 25.1. The van der Waals surface area contributed by atoms with Crippen molar-refractivity contribution in [1.29, 1.82) is 0 Å². The molecule has 0 heterocycles. The van der Waals surface area contributed by atoms with E-state index in [1.54, 1.807) is 0 Å². The van der Waals surface area contributed by atoms with Crippen LogP contribution in [0.2, 0.25) is 0 Å². The van der Waals surface area contributed by atoms with Crippen molar-refractivity contribution in [2.75, 3.05) is 6.61 Å². The van der Waals surface area contributed by atoms with Gasteiger partial charge in [0.1, 0.15) is 0 Å². The number of unbranched alkanes of at least 4 members (excludes halogenated alkanes) is 12. The van der Waals surface area contributed by atoms with Gasteiger partial charge in [0.2, 0.25) is 0 Å². The second-order valence-electron chi connectivity index (χ2n) is 6.14. The zero-order valence-corrected chi connectivity index (χ0v) is 16.5. The summed E-state index contributed by atoms with van der Waals surface area (Å²) in [5.41, 5.74) is 0. The van der Waals surface area contributed by atoms with E-state index in [4.69, 9.17) is 4.55 Å². The Morgan fingerprint density at radius 1 is 0.609 bits per heavy atom. The minimum absolute atomic E-state index is 0.0859. The molecule has 0 rings (SSSR count). The lowest BCUT2D eigenvalue weighted by molar-refractivity contribution is 0.261. The molecule has 0 atom stereocenters. The molecule has 0 aromatic carbocycles. The maximum absolute atomic E-state index is 10.1. The van der Waals surface area contributed by atoms with E-state index < -0.39 is 10.4 Å². The van der Waals surface area contributed by atoms with Crippen LogP contribution >= 0.6 is 0 Å². The Kier molecular flexibility index (Phi) is 21.7. The second-order valence-corrected chi connectivity index (χ2v) is 7.23. The van der Waals surface area contributed by atoms with Crippen LogP contribution in [0.25, 0.3) is 0 Å². The molecule has 0 aliphatic carbocycles. The second kappa shape index (κ2) is 19.9. The third-order valence-electron chi connectivity index (χ3n) is 3.69. The molecule has 0 aromatic rings. The SMILES string of the molecule is CCCCCCCCCCC.CCCCCCCOS(=O)(=O)O. The van der Waals surface area contributed by atoms with Crippen LogP contribution < -0.4 is 0 Å². The van der Waals surface area contributed by atoms with Crippen LogP contribution in [-0.2, 0) is 14.6 Å². The van der Waals surface area contributed by atoms with E-state index in [0.29, 0.717) is 6.42 Å². The van der Waals surface area contributed by atoms with Gasteiger partial charge in [0.05, 0.1) is 6.61 Å². The zero-order chi connectivity index (χ0) is 17.8. The normalized spacial score (nSPS) is 11.1. The van der Waals surface area contributed by atoms with Gasteiger partial charge in [0.15, 0.2) is 0 Å². The van der Waals surface area contributed by atoms with E-state index in [2.05, 4.69) is 25.0 Å². The molecule has 0 saturated heterocycles. The monoisotopic (exact) mass is 352 g/mol. The van der Waals surface area contributed by atoms with Crippen LogP contribution in [0.15, 0.2) is 0 Å². The van der Waals surface area contributed by atoms with Crippen LogP contribution in [0.5, 0.6) is 0 Å². The minimum Gasteiger partial charge on any atom is -0.264 e. The lowest BCUT2D eigenvalue weighted by atomic mass is 10.1. The first-order valence-corrected chi connectivity index (χ1v) is 11.0. The van der Waals surface area contributed by atoms with E-state index in [1.165, 1.54) is 57.8 Å². The highest BCUT2D eigenvalue weighted by molar-refractivity contribution is 7.80. The quantitative estimate of drug-likeness (QED) is 0.277. The molecule has 0 fully saturated rings. The fourth-order valence-corrected chi connectivity index (χ4v) is 2.58. The van der Waals surface area contributed by atoms with Gasteiger partial charge in [-0.1, -0.05) is 104 Å². The maximum Gasteiger partial charge on any atom is 0.397 e. The van der Waals surface area contributed by atoms with Crippen LogP contribution in [-0.4, -0.2) is 19.6 Å². The van der Waals surface area contributed by atoms with E-state index in [-0.39, 0.29) is 6.61 Å². The standard InChI is InChI=1S/C11H24.C7H16O4S/c1-3-5-7-9-11-10-8-6-4-2;1-2-3-4-5-6-7-11-12(8,9)10/h3-11H2,1-2H3;2-7H2,1H3,(H,8,9,10). The van der Waals surface area contributed by atoms with Crippen LogP contribution in [0.1, 0.15) is 111 Å². The molecule has 0 aromatic heterocycles. The lowest BCUT2D eigenvalue weighted by Crippen LogP contribution is -2.04. The van der Waals surface area contributed by atoms with Gasteiger partial charge in [0.25, 0.3) is 0 Å². The van der Waals surface area contributed by atoms with E-state index in [0.717, 1.165) is 25.7 Å². The van der Waals surface area contributed by atoms with Crippen molar-refractivity contribution in [2.24, 2.45) is 0 Å². The van der Waals surface area contributed by atoms with Crippen molar-refractivity contribution >= 4 is 10.4 Å². The van der Waals surface area contributed by atoms with E-state index in [1.807, 2.05) is 0 Å². The van der Waals surface area contributed by atoms with Gasteiger partial charge in [-0.15, -0.1) is 0 Å². The number of hydrogen-bond donors (Lipinski definition) is 1. The summed E-state index contributed by atoms with van der Waals surface area (Å²) in [7, 11) is -4.22. The Balaban J connectivity index is 0. The molecule has 0 aliphatic rings. The smallest absolute Gasteiger partial charge is 0.264 e. The fourth-order valence-electron chi connectivity index (χ4n) is 2.25. The van der Waals surface area contributed by atoms with Gasteiger partial charge < -0.3 is 0 Å². The molecule has 1 N–H and O–H groups in total. The molecule has 0 bridgehead atoms. The van der Waals surface area contributed by atoms with Crippen molar-refractivity contribution in [3.63, 3.8) is 0 Å². The third kappa shape index (κ3) is 30.3. The van der Waals surface area contributed by atoms with Crippen molar-refractivity contribution in [3.8, 4) is 0 Å². The number of hydrogen-bond acceptors (Lipinski definition) is 3. The van der Waals surface area contributed by atoms with Crippen LogP contribution in [0.3, 0.4) is 0 Å². The van der Waals surface area contributed by atoms with E-state index in [9.17, 15) is 8.42 Å². The van der Waals surface area contributed by atoms with Gasteiger partial charge in [0, 0.05) is 0 Å². The highest BCUT2D eigenvalue weighted by Crippen LogP contribution is 2.08. The molecule has 0 saturated carbocycles. The maximum atomic E-state index is 10.1. The van der Waals surface area contributed by atoms with Crippen LogP contribution in [0.4, 0.5) is 0 Å². The summed E-state index contributed by atoms with van der Waals surface area (Å²) >= 11 is 0. The Labute approximate surface area is 145 Å². The third-order valence-corrected chi connectivity index (χ3v) is 4.15. The fraction of sp³-hybridized carbons (Fsp3) is 1.00. The Morgan fingerprint density at radius 3 is 1.22 bits per heavy atom. The lowest BCUT2D eigenvalue weighted by Gasteiger charge is -1.99. The summed E-state index contributed by atoms with van der Waals surface area (Å²) in [4.78, 5) is 0. The average Bonchev–Trinajstić information content (AvgIpc) is 2.50. The first-order chi connectivity index (χ1) is 11.0. The molecule has 0 spiro atoms. The van der Waals surface area contributed by atoms with Crippen LogP contribution in [0, 0.1) is 0 Å². The molecule has 142 valence electrons. The summed E-state index contributed by atoms with van der Waals surface area (Å²) in [6.45, 7) is 6.74.